The molecule has 8 atom stereocenters. The monoisotopic (exact) mass is 390 g/mol. The minimum atomic E-state index is -2.26. The summed E-state index contributed by atoms with van der Waals surface area (Å²) in [4.78, 5) is 26.5. The Hall–Kier alpha value is -1.34. The molecule has 2 heterocycles. The molecule has 0 aromatic heterocycles. The third-order valence-corrected chi connectivity index (χ3v) is 8.32. The topological polar surface area (TPSA) is 104 Å². The zero-order valence-electron chi connectivity index (χ0n) is 16.9. The molecule has 28 heavy (non-hydrogen) atoms. The van der Waals surface area contributed by atoms with Crippen LogP contribution in [-0.4, -0.2) is 51.5 Å². The first-order valence-electron chi connectivity index (χ1n) is 10.0. The molecule has 2 saturated heterocycles. The van der Waals surface area contributed by atoms with Crippen LogP contribution in [0.25, 0.3) is 0 Å². The fraction of sp³-hybridized carbons (Fsp3) is 0.727. The van der Waals surface area contributed by atoms with E-state index in [1.54, 1.807) is 13.0 Å². The van der Waals surface area contributed by atoms with E-state index in [1.807, 2.05) is 13.8 Å². The van der Waals surface area contributed by atoms with Gasteiger partial charge in [-0.25, -0.2) is 0 Å². The Morgan fingerprint density at radius 2 is 1.86 bits per heavy atom. The van der Waals surface area contributed by atoms with Crippen LogP contribution >= 0.6 is 0 Å². The Kier molecular flexibility index (Phi) is 4.01. The maximum Gasteiger partial charge on any atom is 0.208 e. The summed E-state index contributed by atoms with van der Waals surface area (Å²) in [5.74, 6) is -4.57. The molecule has 5 rings (SSSR count). The number of carbonyl (C=O) groups excluding carboxylic acids is 2. The number of hydrogen-bond donors (Lipinski definition) is 3. The highest BCUT2D eigenvalue weighted by Crippen LogP contribution is 2.72. The molecule has 154 valence electrons. The molecule has 0 radical (unpaired) electrons. The molecule has 6 nitrogen and oxygen atoms in total. The summed E-state index contributed by atoms with van der Waals surface area (Å²) in [5.41, 5.74) is -2.81. The number of rotatable bonds is 2. The Morgan fingerprint density at radius 1 is 1.21 bits per heavy atom. The van der Waals surface area contributed by atoms with Crippen molar-refractivity contribution in [2.45, 2.75) is 58.5 Å². The van der Waals surface area contributed by atoms with Crippen LogP contribution in [0, 0.1) is 34.0 Å². The van der Waals surface area contributed by atoms with Gasteiger partial charge in [-0.1, -0.05) is 32.1 Å². The van der Waals surface area contributed by atoms with Crippen LogP contribution in [0.2, 0.25) is 0 Å². The van der Waals surface area contributed by atoms with E-state index < -0.39 is 57.8 Å². The van der Waals surface area contributed by atoms with Crippen LogP contribution in [0.4, 0.5) is 0 Å². The Balaban J connectivity index is 2.03. The Labute approximate surface area is 165 Å². The maximum atomic E-state index is 13.3. The van der Waals surface area contributed by atoms with Gasteiger partial charge in [-0.05, 0) is 44.1 Å². The summed E-state index contributed by atoms with van der Waals surface area (Å²) < 4.78 is 5.77. The molecule has 5 aliphatic rings. The molecule has 0 unspecified atom stereocenters. The lowest BCUT2D eigenvalue weighted by Crippen LogP contribution is -2.86. The highest BCUT2D eigenvalue weighted by Gasteiger charge is 2.84. The summed E-state index contributed by atoms with van der Waals surface area (Å²) in [6, 6.07) is 0. The fourth-order valence-electron chi connectivity index (χ4n) is 7.21. The van der Waals surface area contributed by atoms with Crippen LogP contribution in [0.3, 0.4) is 0 Å². The molecule has 2 saturated carbocycles. The lowest BCUT2D eigenvalue weighted by Gasteiger charge is -2.73. The standard InChI is InChI=1S/C22H30O6/c1-11(2)13-6-7-14-20-10-28-22(27,21(14,12(3)23)17(13)25)18(26)16(20)19(4,5)9-8-15(20)24/h8-9,13-14,16-18,25-27H,1,6-7,10H2,2-5H3/t13-,14-,16+,17+,18-,20+,21+,22-/m0/s1. The number of allylic oxidation sites excluding steroid dienone is 2. The molecule has 3 aliphatic carbocycles. The number of Topliss-reactive ketones (excluding diaryl/α,β-unsaturated/α-hetero) is 1. The van der Waals surface area contributed by atoms with Crippen molar-refractivity contribution in [1.29, 1.82) is 0 Å². The lowest BCUT2D eigenvalue weighted by molar-refractivity contribution is -0.437. The van der Waals surface area contributed by atoms with E-state index in [2.05, 4.69) is 6.58 Å². The molecule has 2 bridgehead atoms. The maximum absolute atomic E-state index is 13.3. The van der Waals surface area contributed by atoms with Gasteiger partial charge in [-0.15, -0.1) is 0 Å². The molecule has 0 aromatic rings. The number of aliphatic hydroxyl groups excluding tert-OH is 2. The first-order chi connectivity index (χ1) is 12.9. The van der Waals surface area contributed by atoms with E-state index in [9.17, 15) is 24.9 Å². The quantitative estimate of drug-likeness (QED) is 0.616. The second kappa shape index (κ2) is 5.63. The van der Waals surface area contributed by atoms with Gasteiger partial charge in [0.25, 0.3) is 0 Å². The van der Waals surface area contributed by atoms with Gasteiger partial charge in [0.05, 0.1) is 18.1 Å². The molecular formula is C22H30O6. The van der Waals surface area contributed by atoms with Gasteiger partial charge in [0.1, 0.15) is 17.3 Å². The minimum Gasteiger partial charge on any atom is -0.391 e. The van der Waals surface area contributed by atoms with E-state index in [-0.39, 0.29) is 12.4 Å². The lowest BCUT2D eigenvalue weighted by atomic mass is 9.35. The predicted molar refractivity (Wildman–Crippen MR) is 101 cm³/mol. The zero-order valence-corrected chi connectivity index (χ0v) is 16.9. The van der Waals surface area contributed by atoms with Gasteiger partial charge < -0.3 is 20.1 Å². The number of carbonyl (C=O) groups is 2. The Bertz CT molecular complexity index is 799. The van der Waals surface area contributed by atoms with E-state index in [0.29, 0.717) is 18.4 Å². The van der Waals surface area contributed by atoms with E-state index in [0.717, 1.165) is 0 Å². The first kappa shape index (κ1) is 20.0. The van der Waals surface area contributed by atoms with Crippen molar-refractivity contribution < 1.29 is 29.6 Å². The average molecular weight is 390 g/mol. The summed E-state index contributed by atoms with van der Waals surface area (Å²) in [5, 5.41) is 34.5. The highest BCUT2D eigenvalue weighted by atomic mass is 16.6. The fourth-order valence-corrected chi connectivity index (χ4v) is 7.21. The van der Waals surface area contributed by atoms with Crippen molar-refractivity contribution in [3.8, 4) is 0 Å². The van der Waals surface area contributed by atoms with Crippen LogP contribution in [0.15, 0.2) is 24.3 Å². The highest BCUT2D eigenvalue weighted by molar-refractivity contribution is 5.99. The van der Waals surface area contributed by atoms with E-state index in [4.69, 9.17) is 4.74 Å². The molecule has 0 amide bonds. The van der Waals surface area contributed by atoms with Crippen molar-refractivity contribution in [3.63, 3.8) is 0 Å². The SMILES string of the molecule is C=C(C)[C@@H]1CC[C@H]2[C@@]34CO[C@@](O)([C@@H](O)[C@@H]3C(C)(C)C=CC4=O)[C@@]2(C(C)=O)[C@@H]1O. The van der Waals surface area contributed by atoms with Gasteiger partial charge in [0.15, 0.2) is 5.78 Å². The van der Waals surface area contributed by atoms with Crippen molar-refractivity contribution in [3.05, 3.63) is 24.3 Å². The summed E-state index contributed by atoms with van der Waals surface area (Å²) in [6.07, 6.45) is 1.55. The smallest absolute Gasteiger partial charge is 0.208 e. The molecule has 2 aliphatic heterocycles. The number of ketones is 2. The van der Waals surface area contributed by atoms with Gasteiger partial charge in [0, 0.05) is 11.8 Å². The molecule has 6 heteroatoms. The summed E-state index contributed by atoms with van der Waals surface area (Å²) >= 11 is 0. The van der Waals surface area contributed by atoms with Crippen molar-refractivity contribution in [2.75, 3.05) is 6.61 Å². The van der Waals surface area contributed by atoms with Crippen LogP contribution < -0.4 is 0 Å². The second-order valence-corrected chi connectivity index (χ2v) is 9.92. The number of fused-ring (bicyclic) bond motifs is 1. The predicted octanol–water partition coefficient (Wildman–Crippen LogP) is 1.39. The first-order valence-corrected chi connectivity index (χ1v) is 10.0. The van der Waals surface area contributed by atoms with Crippen LogP contribution in [-0.2, 0) is 14.3 Å². The second-order valence-electron chi connectivity index (χ2n) is 9.92. The van der Waals surface area contributed by atoms with Gasteiger partial charge >= 0.3 is 0 Å². The number of hydrogen-bond acceptors (Lipinski definition) is 6. The van der Waals surface area contributed by atoms with Gasteiger partial charge in [-0.3, -0.25) is 9.59 Å². The van der Waals surface area contributed by atoms with Gasteiger partial charge in [-0.2, -0.15) is 0 Å². The molecular weight excluding hydrogens is 360 g/mol. The number of ether oxygens (including phenoxy) is 1. The van der Waals surface area contributed by atoms with Crippen molar-refractivity contribution >= 4 is 11.6 Å². The Morgan fingerprint density at radius 3 is 2.43 bits per heavy atom. The van der Waals surface area contributed by atoms with Gasteiger partial charge in [0.2, 0.25) is 5.79 Å². The molecule has 3 N–H and O–H groups in total. The van der Waals surface area contributed by atoms with Crippen molar-refractivity contribution in [2.24, 2.45) is 34.0 Å². The van der Waals surface area contributed by atoms with Crippen LogP contribution in [0.1, 0.15) is 40.5 Å². The summed E-state index contributed by atoms with van der Waals surface area (Å²) in [6.45, 7) is 10.8. The zero-order chi connectivity index (χ0) is 20.9. The third kappa shape index (κ3) is 1.88. The average Bonchev–Trinajstić information content (AvgIpc) is 2.59. The molecule has 1 spiro atoms. The molecule has 4 fully saturated rings. The summed E-state index contributed by atoms with van der Waals surface area (Å²) in [7, 11) is 0. The molecule has 0 aromatic carbocycles. The van der Waals surface area contributed by atoms with Crippen LogP contribution in [0.5, 0.6) is 0 Å². The van der Waals surface area contributed by atoms with E-state index >= 15 is 0 Å². The third-order valence-electron chi connectivity index (χ3n) is 8.32. The normalized spacial score (nSPS) is 51.4. The van der Waals surface area contributed by atoms with Crippen molar-refractivity contribution in [1.82, 2.24) is 0 Å². The van der Waals surface area contributed by atoms with E-state index in [1.165, 1.54) is 13.0 Å². The minimum absolute atomic E-state index is 0.0675. The largest absolute Gasteiger partial charge is 0.391 e. The number of aliphatic hydroxyl groups is 3.